The van der Waals surface area contributed by atoms with Crippen molar-refractivity contribution >= 4 is 44.8 Å². The van der Waals surface area contributed by atoms with Crippen molar-refractivity contribution in [1.82, 2.24) is 0 Å². The molecule has 2 N–H and O–H groups in total. The van der Waals surface area contributed by atoms with Crippen LogP contribution in [0.4, 0.5) is 17.1 Å². The van der Waals surface area contributed by atoms with Gasteiger partial charge in [0.1, 0.15) is 0 Å². The second-order valence-corrected chi connectivity index (χ2v) is 9.60. The zero-order valence-corrected chi connectivity index (χ0v) is 17.4. The number of carbonyl (C=O) groups excluding carboxylic acids is 1. The number of hydrogen-bond acceptors (Lipinski definition) is 5. The number of thioether (sulfide) groups is 1. The van der Waals surface area contributed by atoms with Gasteiger partial charge in [0.2, 0.25) is 5.91 Å². The first kappa shape index (κ1) is 19.6. The fourth-order valence-corrected chi connectivity index (χ4v) is 4.90. The predicted molar refractivity (Wildman–Crippen MR) is 111 cm³/mol. The summed E-state index contributed by atoms with van der Waals surface area (Å²) < 4.78 is 28.3. The quantitative estimate of drug-likeness (QED) is 0.813. The van der Waals surface area contributed by atoms with Gasteiger partial charge in [0, 0.05) is 36.3 Å². The second kappa shape index (κ2) is 7.44. The SMILES string of the molecule is Cc1ccc(NS(=O)(=O)c2ccc3c(c2)NC(=O)[C@H](C)CS3)cc1N(C)C. The molecule has 2 aromatic carbocycles. The van der Waals surface area contributed by atoms with Crippen molar-refractivity contribution in [2.45, 2.75) is 23.6 Å². The molecule has 0 fully saturated rings. The first-order valence-electron chi connectivity index (χ1n) is 8.56. The minimum atomic E-state index is -3.77. The zero-order chi connectivity index (χ0) is 19.8. The van der Waals surface area contributed by atoms with Crippen LogP contribution in [-0.4, -0.2) is 34.2 Å². The van der Waals surface area contributed by atoms with E-state index in [1.54, 1.807) is 36.0 Å². The maximum Gasteiger partial charge on any atom is 0.261 e. The molecular weight excluding hydrogens is 382 g/mol. The van der Waals surface area contributed by atoms with Crippen LogP contribution >= 0.6 is 11.8 Å². The van der Waals surface area contributed by atoms with Crippen LogP contribution in [0.2, 0.25) is 0 Å². The third kappa shape index (κ3) is 4.22. The van der Waals surface area contributed by atoms with Gasteiger partial charge in [-0.3, -0.25) is 9.52 Å². The topological polar surface area (TPSA) is 78.5 Å². The van der Waals surface area contributed by atoms with E-state index in [9.17, 15) is 13.2 Å². The molecule has 0 spiro atoms. The summed E-state index contributed by atoms with van der Waals surface area (Å²) in [5, 5.41) is 2.82. The summed E-state index contributed by atoms with van der Waals surface area (Å²) in [5.41, 5.74) is 3.03. The monoisotopic (exact) mass is 405 g/mol. The average Bonchev–Trinajstić information content (AvgIpc) is 2.74. The van der Waals surface area contributed by atoms with Gasteiger partial charge in [0.25, 0.3) is 10.0 Å². The molecule has 0 saturated heterocycles. The standard InChI is InChI=1S/C19H23N3O3S2/c1-12-5-6-14(9-17(12)22(3)4)21-27(24,25)15-7-8-18-16(10-15)20-19(23)13(2)11-26-18/h5-10,13,21H,11H2,1-4H3,(H,20,23)/t13-/m1/s1. The van der Waals surface area contributed by atoms with Crippen molar-refractivity contribution in [3.05, 3.63) is 42.0 Å². The summed E-state index contributed by atoms with van der Waals surface area (Å²) in [6, 6.07) is 10.2. The van der Waals surface area contributed by atoms with Crippen molar-refractivity contribution in [3.8, 4) is 0 Å². The second-order valence-electron chi connectivity index (χ2n) is 6.86. The van der Waals surface area contributed by atoms with E-state index < -0.39 is 10.0 Å². The van der Waals surface area contributed by atoms with Crippen LogP contribution in [0.3, 0.4) is 0 Å². The first-order chi connectivity index (χ1) is 12.7. The normalized spacial score (nSPS) is 16.9. The molecule has 1 heterocycles. The molecule has 0 saturated carbocycles. The molecule has 1 amide bonds. The minimum Gasteiger partial charge on any atom is -0.377 e. The molecular formula is C19H23N3O3S2. The van der Waals surface area contributed by atoms with E-state index in [0.29, 0.717) is 17.1 Å². The lowest BCUT2D eigenvalue weighted by atomic mass is 10.2. The summed E-state index contributed by atoms with van der Waals surface area (Å²) in [6.45, 7) is 3.83. The fraction of sp³-hybridized carbons (Fsp3) is 0.316. The van der Waals surface area contributed by atoms with Crippen molar-refractivity contribution < 1.29 is 13.2 Å². The molecule has 0 aromatic heterocycles. The number of rotatable bonds is 4. The molecule has 1 aliphatic heterocycles. The Labute approximate surface area is 164 Å². The molecule has 0 bridgehead atoms. The highest BCUT2D eigenvalue weighted by Gasteiger charge is 2.23. The number of sulfonamides is 1. The van der Waals surface area contributed by atoms with Gasteiger partial charge in [0.15, 0.2) is 0 Å². The van der Waals surface area contributed by atoms with Gasteiger partial charge in [0.05, 0.1) is 16.3 Å². The number of hydrogen-bond donors (Lipinski definition) is 2. The summed E-state index contributed by atoms with van der Waals surface area (Å²) in [6.07, 6.45) is 0. The van der Waals surface area contributed by atoms with Crippen LogP contribution in [0.15, 0.2) is 46.2 Å². The summed E-state index contributed by atoms with van der Waals surface area (Å²) >= 11 is 1.55. The van der Waals surface area contributed by atoms with Crippen molar-refractivity contribution in [3.63, 3.8) is 0 Å². The number of nitrogens with zero attached hydrogens (tertiary/aromatic N) is 1. The Kier molecular flexibility index (Phi) is 5.39. The van der Waals surface area contributed by atoms with Gasteiger partial charge in [-0.25, -0.2) is 8.42 Å². The zero-order valence-electron chi connectivity index (χ0n) is 15.7. The number of carbonyl (C=O) groups is 1. The fourth-order valence-electron chi connectivity index (χ4n) is 2.81. The molecule has 0 radical (unpaired) electrons. The van der Waals surface area contributed by atoms with E-state index in [2.05, 4.69) is 10.0 Å². The Morgan fingerprint density at radius 3 is 2.63 bits per heavy atom. The number of aryl methyl sites for hydroxylation is 1. The van der Waals surface area contributed by atoms with Crippen LogP contribution in [0.1, 0.15) is 12.5 Å². The van der Waals surface area contributed by atoms with Crippen molar-refractivity contribution in [2.75, 3.05) is 34.8 Å². The van der Waals surface area contributed by atoms with E-state index >= 15 is 0 Å². The summed E-state index contributed by atoms with van der Waals surface area (Å²) in [5.74, 6) is 0.440. The minimum absolute atomic E-state index is 0.0992. The molecule has 1 aliphatic rings. The third-order valence-corrected chi connectivity index (χ3v) is 7.11. The van der Waals surface area contributed by atoms with Crippen LogP contribution < -0.4 is 14.9 Å². The summed E-state index contributed by atoms with van der Waals surface area (Å²) in [4.78, 5) is 15.0. The lowest BCUT2D eigenvalue weighted by molar-refractivity contribution is -0.118. The van der Waals surface area contributed by atoms with E-state index in [0.717, 1.165) is 16.1 Å². The van der Waals surface area contributed by atoms with E-state index in [4.69, 9.17) is 0 Å². The maximum absolute atomic E-state index is 12.8. The van der Waals surface area contributed by atoms with Gasteiger partial charge in [-0.1, -0.05) is 13.0 Å². The third-order valence-electron chi connectivity index (χ3n) is 4.40. The Balaban J connectivity index is 1.91. The molecule has 144 valence electrons. The Hall–Kier alpha value is -2.19. The molecule has 27 heavy (non-hydrogen) atoms. The highest BCUT2D eigenvalue weighted by molar-refractivity contribution is 7.99. The predicted octanol–water partition coefficient (Wildman–Crippen LogP) is 3.54. The lowest BCUT2D eigenvalue weighted by Gasteiger charge is -2.18. The van der Waals surface area contributed by atoms with E-state index in [-0.39, 0.29) is 16.7 Å². The number of amides is 1. The number of benzene rings is 2. The molecule has 0 aliphatic carbocycles. The highest BCUT2D eigenvalue weighted by atomic mass is 32.2. The lowest BCUT2D eigenvalue weighted by Crippen LogP contribution is -2.20. The Bertz CT molecular complexity index is 988. The molecule has 6 nitrogen and oxygen atoms in total. The van der Waals surface area contributed by atoms with E-state index in [1.165, 1.54) is 6.07 Å². The van der Waals surface area contributed by atoms with Crippen molar-refractivity contribution in [2.24, 2.45) is 5.92 Å². The molecule has 8 heteroatoms. The van der Waals surface area contributed by atoms with Crippen LogP contribution in [0.25, 0.3) is 0 Å². The van der Waals surface area contributed by atoms with E-state index in [1.807, 2.05) is 38.9 Å². The first-order valence-corrected chi connectivity index (χ1v) is 11.0. The summed E-state index contributed by atoms with van der Waals surface area (Å²) in [7, 11) is 0.0481. The van der Waals surface area contributed by atoms with Gasteiger partial charge in [-0.15, -0.1) is 11.8 Å². The van der Waals surface area contributed by atoms with Gasteiger partial charge < -0.3 is 10.2 Å². The average molecular weight is 406 g/mol. The largest absolute Gasteiger partial charge is 0.377 e. The molecule has 0 unspecified atom stereocenters. The molecule has 2 aromatic rings. The smallest absolute Gasteiger partial charge is 0.261 e. The molecule has 1 atom stereocenters. The Morgan fingerprint density at radius 2 is 1.93 bits per heavy atom. The molecule has 3 rings (SSSR count). The maximum atomic E-state index is 12.8. The van der Waals surface area contributed by atoms with Crippen LogP contribution in [0, 0.1) is 12.8 Å². The van der Waals surface area contributed by atoms with Gasteiger partial charge in [-0.2, -0.15) is 0 Å². The van der Waals surface area contributed by atoms with Gasteiger partial charge >= 0.3 is 0 Å². The van der Waals surface area contributed by atoms with Crippen LogP contribution in [-0.2, 0) is 14.8 Å². The number of anilines is 3. The Morgan fingerprint density at radius 1 is 1.19 bits per heavy atom. The van der Waals surface area contributed by atoms with Gasteiger partial charge in [-0.05, 0) is 42.8 Å². The number of fused-ring (bicyclic) bond motifs is 1. The van der Waals surface area contributed by atoms with Crippen LogP contribution in [0.5, 0.6) is 0 Å². The number of nitrogens with one attached hydrogen (secondary N) is 2. The highest BCUT2D eigenvalue weighted by Crippen LogP contribution is 2.34. The van der Waals surface area contributed by atoms with Crippen molar-refractivity contribution in [1.29, 1.82) is 0 Å².